The van der Waals surface area contributed by atoms with E-state index in [0.29, 0.717) is 16.6 Å². The second-order valence-electron chi connectivity index (χ2n) is 7.11. The summed E-state index contributed by atoms with van der Waals surface area (Å²) in [5.41, 5.74) is 1.94. The Hall–Kier alpha value is 0.0969. The maximum Gasteiger partial charge on any atom is 0.200 e. The summed E-state index contributed by atoms with van der Waals surface area (Å²) in [6, 6.07) is 0. The Morgan fingerprint density at radius 1 is 0.900 bits per heavy atom. The molecule has 0 radical (unpaired) electrons. The lowest BCUT2D eigenvalue weighted by Crippen LogP contribution is -2.47. The van der Waals surface area contributed by atoms with E-state index in [4.69, 9.17) is 4.43 Å². The second kappa shape index (κ2) is 9.18. The molecule has 1 N–H and O–H groups in total. The van der Waals surface area contributed by atoms with Crippen molar-refractivity contribution < 1.29 is 9.53 Å². The third-order valence-corrected chi connectivity index (χ3v) is 10.6. The zero-order chi connectivity index (χ0) is 15.9. The van der Waals surface area contributed by atoms with Crippen molar-refractivity contribution in [3.63, 3.8) is 0 Å². The van der Waals surface area contributed by atoms with Gasteiger partial charge in [-0.25, -0.2) is 0 Å². The predicted molar refractivity (Wildman–Crippen MR) is 90.5 cm³/mol. The molecule has 0 amide bonds. The van der Waals surface area contributed by atoms with Crippen LogP contribution in [0.2, 0.25) is 16.6 Å². The lowest BCUT2D eigenvalue weighted by atomic mass is 10.2. The molecule has 0 aromatic heterocycles. The highest BCUT2D eigenvalue weighted by atomic mass is 28.4. The fourth-order valence-corrected chi connectivity index (χ4v) is 8.93. The number of rotatable bonds is 10. The first-order valence-corrected chi connectivity index (χ1v) is 10.3. The summed E-state index contributed by atoms with van der Waals surface area (Å²) in [6.45, 7) is 14.8. The monoisotopic (exact) mass is 303 g/mol. The molecule has 0 spiro atoms. The second-order valence-corrected chi connectivity index (χ2v) is 12.6. The van der Waals surface area contributed by atoms with E-state index >= 15 is 0 Å². The molecule has 0 aliphatic carbocycles. The van der Waals surface area contributed by atoms with Gasteiger partial charge in [0.15, 0.2) is 8.32 Å². The minimum atomic E-state index is -1.70. The molecule has 0 fully saturated rings. The van der Waals surface area contributed by atoms with Crippen LogP contribution < -0.4 is 0 Å². The van der Waals surface area contributed by atoms with Gasteiger partial charge in [-0.1, -0.05) is 41.5 Å². The molecule has 1 unspecified atom stereocenters. The summed E-state index contributed by atoms with van der Waals surface area (Å²) >= 11 is 0. The number of hydrogen-bond donors (Lipinski definition) is 1. The van der Waals surface area contributed by atoms with E-state index in [1.54, 1.807) is 0 Å². The fraction of sp³-hybridized carbons (Fsp3) is 1.00. The van der Waals surface area contributed by atoms with Crippen molar-refractivity contribution in [2.45, 2.75) is 83.7 Å². The quantitative estimate of drug-likeness (QED) is 0.372. The highest BCUT2D eigenvalue weighted by Gasteiger charge is 2.44. The molecular weight excluding hydrogens is 266 g/mol. The van der Waals surface area contributed by atoms with Gasteiger partial charge in [0.05, 0.1) is 0 Å². The van der Waals surface area contributed by atoms with E-state index in [2.05, 4.69) is 41.5 Å². The average molecular weight is 304 g/mol. The Labute approximate surface area is 127 Å². The first-order valence-electron chi connectivity index (χ1n) is 8.14. The van der Waals surface area contributed by atoms with Crippen molar-refractivity contribution in [2.24, 2.45) is 0 Å². The number of aliphatic hydroxyl groups excluding tert-OH is 1. The van der Waals surface area contributed by atoms with E-state index < -0.39 is 8.32 Å². The van der Waals surface area contributed by atoms with Crippen LogP contribution in [-0.4, -0.2) is 45.3 Å². The topological polar surface area (TPSA) is 32.7 Å². The average Bonchev–Trinajstić information content (AvgIpc) is 2.31. The van der Waals surface area contributed by atoms with Gasteiger partial charge in [-0.05, 0) is 50.0 Å². The third-order valence-electron chi connectivity index (χ3n) is 4.51. The Balaban J connectivity index is 4.30. The van der Waals surface area contributed by atoms with E-state index in [-0.39, 0.29) is 6.23 Å². The first kappa shape index (κ1) is 20.1. The van der Waals surface area contributed by atoms with Gasteiger partial charge in [0, 0.05) is 6.61 Å². The molecule has 20 heavy (non-hydrogen) atoms. The van der Waals surface area contributed by atoms with Gasteiger partial charge in [0.25, 0.3) is 0 Å². The van der Waals surface area contributed by atoms with Crippen molar-refractivity contribution in [3.05, 3.63) is 0 Å². The van der Waals surface area contributed by atoms with Gasteiger partial charge in [-0.3, -0.25) is 4.90 Å². The van der Waals surface area contributed by atoms with Crippen molar-refractivity contribution >= 4 is 8.32 Å². The number of aliphatic hydroxyl groups is 1. The van der Waals surface area contributed by atoms with Crippen LogP contribution in [0, 0.1) is 0 Å². The molecule has 4 heteroatoms. The highest BCUT2D eigenvalue weighted by molar-refractivity contribution is 6.77. The Kier molecular flexibility index (Phi) is 9.23. The van der Waals surface area contributed by atoms with Gasteiger partial charge in [-0.15, -0.1) is 0 Å². The number of unbranched alkanes of at least 4 members (excludes halogenated alkanes) is 1. The van der Waals surface area contributed by atoms with Gasteiger partial charge in [0.1, 0.15) is 6.23 Å². The smallest absolute Gasteiger partial charge is 0.200 e. The molecule has 0 aromatic rings. The van der Waals surface area contributed by atoms with E-state index in [9.17, 15) is 5.11 Å². The lowest BCUT2D eigenvalue weighted by molar-refractivity contribution is 0.0305. The van der Waals surface area contributed by atoms with Gasteiger partial charge in [0.2, 0.25) is 0 Å². The molecule has 0 saturated carbocycles. The SMILES string of the molecule is CC(C)[Si](OCCCCC(O)N(C)C)(C(C)C)C(C)C. The molecular formula is C16H37NO2Si. The van der Waals surface area contributed by atoms with Gasteiger partial charge < -0.3 is 9.53 Å². The fourth-order valence-electron chi connectivity index (χ4n) is 3.44. The zero-order valence-electron chi connectivity index (χ0n) is 14.9. The van der Waals surface area contributed by atoms with E-state index in [1.165, 1.54) is 0 Å². The van der Waals surface area contributed by atoms with Crippen LogP contribution in [0.3, 0.4) is 0 Å². The Morgan fingerprint density at radius 2 is 1.35 bits per heavy atom. The molecule has 3 nitrogen and oxygen atoms in total. The van der Waals surface area contributed by atoms with Crippen LogP contribution in [0.1, 0.15) is 60.8 Å². The lowest BCUT2D eigenvalue weighted by Gasteiger charge is -2.42. The molecule has 1 atom stereocenters. The molecule has 0 bridgehead atoms. The van der Waals surface area contributed by atoms with E-state index in [0.717, 1.165) is 25.9 Å². The summed E-state index contributed by atoms with van der Waals surface area (Å²) in [5.74, 6) is 0. The molecule has 0 rings (SSSR count). The van der Waals surface area contributed by atoms with Gasteiger partial charge >= 0.3 is 0 Å². The molecule has 0 aliphatic rings. The Bertz CT molecular complexity index is 233. The normalized spacial score (nSPS) is 14.8. The summed E-state index contributed by atoms with van der Waals surface area (Å²) in [4.78, 5) is 1.86. The minimum Gasteiger partial charge on any atom is -0.416 e. The van der Waals surface area contributed by atoms with Crippen LogP contribution in [0.25, 0.3) is 0 Å². The van der Waals surface area contributed by atoms with Crippen LogP contribution in [0.5, 0.6) is 0 Å². The molecule has 0 aliphatic heterocycles. The van der Waals surface area contributed by atoms with E-state index in [1.807, 2.05) is 19.0 Å². The van der Waals surface area contributed by atoms with Crippen LogP contribution in [0.15, 0.2) is 0 Å². The zero-order valence-corrected chi connectivity index (χ0v) is 15.9. The predicted octanol–water partition coefficient (Wildman–Crippen LogP) is 4.23. The molecule has 0 aromatic carbocycles. The summed E-state index contributed by atoms with van der Waals surface area (Å²) in [5, 5.41) is 9.74. The highest BCUT2D eigenvalue weighted by Crippen LogP contribution is 2.42. The summed E-state index contributed by atoms with van der Waals surface area (Å²) in [6.07, 6.45) is 2.58. The maximum atomic E-state index is 9.74. The molecule has 0 heterocycles. The van der Waals surface area contributed by atoms with Crippen LogP contribution in [0.4, 0.5) is 0 Å². The summed E-state index contributed by atoms with van der Waals surface area (Å²) in [7, 11) is 2.12. The Morgan fingerprint density at radius 3 is 1.70 bits per heavy atom. The number of hydrogen-bond acceptors (Lipinski definition) is 3. The minimum absolute atomic E-state index is 0.322. The van der Waals surface area contributed by atoms with Gasteiger partial charge in [-0.2, -0.15) is 0 Å². The van der Waals surface area contributed by atoms with Crippen molar-refractivity contribution in [1.29, 1.82) is 0 Å². The van der Waals surface area contributed by atoms with Crippen LogP contribution >= 0.6 is 0 Å². The van der Waals surface area contributed by atoms with Crippen molar-refractivity contribution in [1.82, 2.24) is 4.90 Å². The van der Waals surface area contributed by atoms with Crippen LogP contribution in [-0.2, 0) is 4.43 Å². The number of nitrogens with zero attached hydrogens (tertiary/aromatic N) is 1. The summed E-state index contributed by atoms with van der Waals surface area (Å²) < 4.78 is 6.50. The molecule has 0 saturated heterocycles. The first-order chi connectivity index (χ1) is 9.16. The van der Waals surface area contributed by atoms with Crippen molar-refractivity contribution in [3.8, 4) is 0 Å². The standard InChI is InChI=1S/C16H37NO2Si/c1-13(2)20(14(3)4,15(5)6)19-12-10-9-11-16(18)17(7)8/h13-16,18H,9-12H2,1-8H3. The largest absolute Gasteiger partial charge is 0.416 e. The van der Waals surface area contributed by atoms with Crippen molar-refractivity contribution in [2.75, 3.05) is 20.7 Å². The maximum absolute atomic E-state index is 9.74. The third kappa shape index (κ3) is 5.47. The molecule has 122 valence electrons.